The lowest BCUT2D eigenvalue weighted by molar-refractivity contribution is 0.0581. The number of aliphatic hydroxyl groups excluding tert-OH is 1. The average molecular weight is 231 g/mol. The Morgan fingerprint density at radius 3 is 3.00 bits per heavy atom. The molecule has 0 saturated carbocycles. The summed E-state index contributed by atoms with van der Waals surface area (Å²) in [5, 5.41) is 12.9. The van der Waals surface area contributed by atoms with Crippen LogP contribution >= 0.6 is 0 Å². The number of hydrogen-bond acceptors (Lipinski definition) is 4. The van der Waals surface area contributed by atoms with Gasteiger partial charge in [0.15, 0.2) is 0 Å². The predicted molar refractivity (Wildman–Crippen MR) is 63.6 cm³/mol. The first-order chi connectivity index (χ1) is 7.72. The highest BCUT2D eigenvalue weighted by Gasteiger charge is 2.18. The van der Waals surface area contributed by atoms with Crippen molar-refractivity contribution >= 4 is 0 Å². The van der Waals surface area contributed by atoms with Crippen LogP contribution in [-0.2, 0) is 9.47 Å². The molecule has 0 aliphatic carbocycles. The second kappa shape index (κ2) is 8.01. The Hall–Kier alpha value is -0.160. The van der Waals surface area contributed by atoms with Crippen LogP contribution in [0.3, 0.4) is 0 Å². The van der Waals surface area contributed by atoms with Crippen molar-refractivity contribution in [3.63, 3.8) is 0 Å². The number of ether oxygens (including phenoxy) is 2. The zero-order chi connectivity index (χ0) is 11.8. The Labute approximate surface area is 98.3 Å². The van der Waals surface area contributed by atoms with Gasteiger partial charge in [-0.05, 0) is 39.2 Å². The molecule has 3 atom stereocenters. The van der Waals surface area contributed by atoms with Gasteiger partial charge < -0.3 is 19.9 Å². The SMILES string of the molecule is COCC(O)CCNC(C)CC1CCCO1. The highest BCUT2D eigenvalue weighted by Crippen LogP contribution is 2.16. The molecule has 0 radical (unpaired) electrons. The molecule has 1 heterocycles. The largest absolute Gasteiger partial charge is 0.391 e. The fourth-order valence-corrected chi connectivity index (χ4v) is 2.08. The van der Waals surface area contributed by atoms with E-state index in [-0.39, 0.29) is 6.10 Å². The number of rotatable bonds is 8. The van der Waals surface area contributed by atoms with Gasteiger partial charge in [-0.15, -0.1) is 0 Å². The smallest absolute Gasteiger partial charge is 0.0785 e. The van der Waals surface area contributed by atoms with Gasteiger partial charge in [0.25, 0.3) is 0 Å². The first-order valence-electron chi connectivity index (χ1n) is 6.24. The quantitative estimate of drug-likeness (QED) is 0.652. The van der Waals surface area contributed by atoms with E-state index in [1.807, 2.05) is 0 Å². The standard InChI is InChI=1S/C12H25NO3/c1-10(8-12-4-3-7-16-12)13-6-5-11(14)9-15-2/h10-14H,3-9H2,1-2H3. The number of methoxy groups -OCH3 is 1. The maximum atomic E-state index is 9.46. The van der Waals surface area contributed by atoms with E-state index in [1.54, 1.807) is 7.11 Å². The molecule has 1 aliphatic heterocycles. The van der Waals surface area contributed by atoms with Gasteiger partial charge in [-0.2, -0.15) is 0 Å². The fourth-order valence-electron chi connectivity index (χ4n) is 2.08. The third-order valence-corrected chi connectivity index (χ3v) is 2.97. The second-order valence-corrected chi connectivity index (χ2v) is 4.62. The summed E-state index contributed by atoms with van der Waals surface area (Å²) < 4.78 is 10.5. The van der Waals surface area contributed by atoms with Crippen molar-refractivity contribution in [1.82, 2.24) is 5.32 Å². The Bertz CT molecular complexity index is 172. The fraction of sp³-hybridized carbons (Fsp3) is 1.00. The van der Waals surface area contributed by atoms with E-state index in [0.717, 1.165) is 26.0 Å². The average Bonchev–Trinajstić information content (AvgIpc) is 2.70. The van der Waals surface area contributed by atoms with Crippen LogP contribution in [-0.4, -0.2) is 50.2 Å². The molecule has 0 aromatic heterocycles. The van der Waals surface area contributed by atoms with Gasteiger partial charge in [0.05, 0.1) is 18.8 Å². The highest BCUT2D eigenvalue weighted by molar-refractivity contribution is 4.72. The Balaban J connectivity index is 1.98. The lowest BCUT2D eigenvalue weighted by Crippen LogP contribution is -2.32. The molecule has 4 nitrogen and oxygen atoms in total. The van der Waals surface area contributed by atoms with Crippen LogP contribution in [0, 0.1) is 0 Å². The molecular formula is C12H25NO3. The van der Waals surface area contributed by atoms with Crippen molar-refractivity contribution in [1.29, 1.82) is 0 Å². The van der Waals surface area contributed by atoms with E-state index in [2.05, 4.69) is 12.2 Å². The molecule has 4 heteroatoms. The molecule has 0 aromatic carbocycles. The second-order valence-electron chi connectivity index (χ2n) is 4.62. The molecule has 1 rings (SSSR count). The summed E-state index contributed by atoms with van der Waals surface area (Å²) in [4.78, 5) is 0. The third kappa shape index (κ3) is 5.80. The normalized spacial score (nSPS) is 24.6. The van der Waals surface area contributed by atoms with Crippen LogP contribution in [0.25, 0.3) is 0 Å². The van der Waals surface area contributed by atoms with E-state index in [9.17, 15) is 5.11 Å². The summed E-state index contributed by atoms with van der Waals surface area (Å²) in [5.41, 5.74) is 0. The molecule has 1 saturated heterocycles. The molecule has 0 bridgehead atoms. The minimum Gasteiger partial charge on any atom is -0.391 e. The van der Waals surface area contributed by atoms with Crippen LogP contribution in [0.15, 0.2) is 0 Å². The Morgan fingerprint density at radius 2 is 2.38 bits per heavy atom. The van der Waals surface area contributed by atoms with Gasteiger partial charge in [-0.3, -0.25) is 0 Å². The minimum atomic E-state index is -0.354. The van der Waals surface area contributed by atoms with Crippen molar-refractivity contribution in [3.8, 4) is 0 Å². The summed E-state index contributed by atoms with van der Waals surface area (Å²) in [5.74, 6) is 0. The molecule has 3 unspecified atom stereocenters. The molecule has 96 valence electrons. The molecule has 1 fully saturated rings. The topological polar surface area (TPSA) is 50.7 Å². The summed E-state index contributed by atoms with van der Waals surface area (Å²) in [6.45, 7) is 4.34. The monoisotopic (exact) mass is 231 g/mol. The van der Waals surface area contributed by atoms with Gasteiger partial charge >= 0.3 is 0 Å². The highest BCUT2D eigenvalue weighted by atomic mass is 16.5. The Morgan fingerprint density at radius 1 is 1.56 bits per heavy atom. The third-order valence-electron chi connectivity index (χ3n) is 2.97. The first-order valence-corrected chi connectivity index (χ1v) is 6.24. The number of hydrogen-bond donors (Lipinski definition) is 2. The maximum absolute atomic E-state index is 9.46. The number of nitrogens with one attached hydrogen (secondary N) is 1. The lowest BCUT2D eigenvalue weighted by Gasteiger charge is -2.18. The maximum Gasteiger partial charge on any atom is 0.0785 e. The van der Waals surface area contributed by atoms with E-state index >= 15 is 0 Å². The number of aliphatic hydroxyl groups is 1. The van der Waals surface area contributed by atoms with E-state index in [4.69, 9.17) is 9.47 Å². The van der Waals surface area contributed by atoms with Crippen LogP contribution < -0.4 is 5.32 Å². The first kappa shape index (κ1) is 13.9. The molecule has 1 aliphatic rings. The molecule has 0 spiro atoms. The van der Waals surface area contributed by atoms with Gasteiger partial charge in [-0.1, -0.05) is 0 Å². The molecule has 16 heavy (non-hydrogen) atoms. The van der Waals surface area contributed by atoms with E-state index in [0.29, 0.717) is 18.8 Å². The molecular weight excluding hydrogens is 206 g/mol. The van der Waals surface area contributed by atoms with Gasteiger partial charge in [0.2, 0.25) is 0 Å². The summed E-state index contributed by atoms with van der Waals surface area (Å²) in [6.07, 6.45) is 4.28. The molecule has 0 aromatic rings. The van der Waals surface area contributed by atoms with Crippen molar-refractivity contribution in [3.05, 3.63) is 0 Å². The summed E-state index contributed by atoms with van der Waals surface area (Å²) in [6, 6.07) is 0.456. The van der Waals surface area contributed by atoms with Gasteiger partial charge in [0.1, 0.15) is 0 Å². The minimum absolute atomic E-state index is 0.354. The van der Waals surface area contributed by atoms with Crippen LogP contribution in [0.1, 0.15) is 32.6 Å². The van der Waals surface area contributed by atoms with Crippen LogP contribution in [0.4, 0.5) is 0 Å². The van der Waals surface area contributed by atoms with Gasteiger partial charge in [-0.25, -0.2) is 0 Å². The lowest BCUT2D eigenvalue weighted by atomic mass is 10.1. The predicted octanol–water partition coefficient (Wildman–Crippen LogP) is 0.931. The summed E-state index contributed by atoms with van der Waals surface area (Å²) in [7, 11) is 1.61. The molecule has 2 N–H and O–H groups in total. The van der Waals surface area contributed by atoms with Crippen LogP contribution in [0.2, 0.25) is 0 Å². The van der Waals surface area contributed by atoms with Crippen LogP contribution in [0.5, 0.6) is 0 Å². The van der Waals surface area contributed by atoms with Crippen molar-refractivity contribution in [2.75, 3.05) is 26.9 Å². The van der Waals surface area contributed by atoms with E-state index in [1.165, 1.54) is 12.8 Å². The van der Waals surface area contributed by atoms with Crippen molar-refractivity contribution in [2.24, 2.45) is 0 Å². The zero-order valence-electron chi connectivity index (χ0n) is 10.4. The van der Waals surface area contributed by atoms with Gasteiger partial charge in [0, 0.05) is 19.8 Å². The molecule has 0 amide bonds. The van der Waals surface area contributed by atoms with E-state index < -0.39 is 0 Å². The summed E-state index contributed by atoms with van der Waals surface area (Å²) >= 11 is 0. The zero-order valence-corrected chi connectivity index (χ0v) is 10.4. The van der Waals surface area contributed by atoms with Crippen molar-refractivity contribution in [2.45, 2.75) is 50.9 Å². The Kier molecular flexibility index (Phi) is 6.96. The van der Waals surface area contributed by atoms with Crippen molar-refractivity contribution < 1.29 is 14.6 Å².